The number of ether oxygens (including phenoxy) is 2. The number of esters is 2. The van der Waals surface area contributed by atoms with Crippen molar-refractivity contribution in [1.82, 2.24) is 0 Å². The zero-order valence-corrected chi connectivity index (χ0v) is 29.2. The predicted molar refractivity (Wildman–Crippen MR) is 182 cm³/mol. The summed E-state index contributed by atoms with van der Waals surface area (Å²) in [6.07, 6.45) is 34.6. The van der Waals surface area contributed by atoms with Gasteiger partial charge in [-0.1, -0.05) is 175 Å². The molecule has 0 fully saturated rings. The number of hydrogen-bond acceptors (Lipinski definition) is 5. The second-order valence-corrected chi connectivity index (χ2v) is 13.3. The summed E-state index contributed by atoms with van der Waals surface area (Å²) >= 11 is 0. The Morgan fingerprint density at radius 2 is 0.698 bits per heavy atom. The molecular formula is C38H74O5. The number of aliphatic hydroxyl groups is 1. The van der Waals surface area contributed by atoms with Gasteiger partial charge in [0.05, 0.1) is 12.0 Å². The van der Waals surface area contributed by atoms with E-state index in [1.54, 1.807) is 0 Å². The average Bonchev–Trinajstić information content (AvgIpc) is 3.02. The highest BCUT2D eigenvalue weighted by Crippen LogP contribution is 2.24. The fourth-order valence-corrected chi connectivity index (χ4v) is 5.63. The molecule has 5 heteroatoms. The smallest absolute Gasteiger partial charge is 0.305 e. The van der Waals surface area contributed by atoms with Crippen molar-refractivity contribution in [1.29, 1.82) is 0 Å². The summed E-state index contributed by atoms with van der Waals surface area (Å²) in [6, 6.07) is 0. The minimum Gasteiger partial charge on any atom is -0.465 e. The van der Waals surface area contributed by atoms with Gasteiger partial charge in [-0.15, -0.1) is 0 Å². The molecule has 0 amide bonds. The number of aliphatic hydroxyl groups excluding tert-OH is 1. The van der Waals surface area contributed by atoms with E-state index in [0.29, 0.717) is 19.3 Å². The summed E-state index contributed by atoms with van der Waals surface area (Å²) in [5.74, 6) is -0.430. The molecule has 256 valence electrons. The van der Waals surface area contributed by atoms with E-state index in [1.807, 2.05) is 6.92 Å². The van der Waals surface area contributed by atoms with Crippen molar-refractivity contribution in [2.24, 2.45) is 5.41 Å². The van der Waals surface area contributed by atoms with Gasteiger partial charge in [0.25, 0.3) is 0 Å². The Morgan fingerprint density at radius 3 is 0.930 bits per heavy atom. The maximum absolute atomic E-state index is 12.3. The Balaban J connectivity index is 3.78. The fraction of sp³-hybridized carbons (Fsp3) is 0.947. The van der Waals surface area contributed by atoms with Crippen LogP contribution in [0.1, 0.15) is 207 Å². The van der Waals surface area contributed by atoms with Crippen molar-refractivity contribution in [3.05, 3.63) is 0 Å². The van der Waals surface area contributed by atoms with Crippen molar-refractivity contribution >= 4 is 11.9 Å². The third-order valence-corrected chi connectivity index (χ3v) is 9.13. The van der Waals surface area contributed by atoms with E-state index < -0.39 is 5.41 Å². The lowest BCUT2D eigenvalue weighted by Crippen LogP contribution is -2.37. The molecule has 0 aromatic heterocycles. The third kappa shape index (κ3) is 28.1. The molecule has 1 N–H and O–H groups in total. The van der Waals surface area contributed by atoms with Crippen molar-refractivity contribution in [2.75, 3.05) is 19.8 Å². The number of carbonyl (C=O) groups excluding carboxylic acids is 2. The van der Waals surface area contributed by atoms with Crippen LogP contribution in [0.2, 0.25) is 0 Å². The summed E-state index contributed by atoms with van der Waals surface area (Å²) in [7, 11) is 0. The lowest BCUT2D eigenvalue weighted by atomic mass is 9.88. The molecule has 0 aromatic carbocycles. The number of unbranched alkanes of at least 4 members (excludes halogenated alkanes) is 24. The molecule has 0 aliphatic carbocycles. The van der Waals surface area contributed by atoms with E-state index in [-0.39, 0.29) is 31.8 Å². The predicted octanol–water partition coefficient (Wildman–Crippen LogP) is 11.4. The Labute approximate surface area is 268 Å². The van der Waals surface area contributed by atoms with Gasteiger partial charge in [-0.2, -0.15) is 0 Å². The van der Waals surface area contributed by atoms with E-state index in [1.165, 1.54) is 141 Å². The summed E-state index contributed by atoms with van der Waals surface area (Å²) in [5, 5.41) is 10.0. The van der Waals surface area contributed by atoms with Gasteiger partial charge in [0.2, 0.25) is 0 Å². The Kier molecular flexibility index (Phi) is 31.5. The fourth-order valence-electron chi connectivity index (χ4n) is 5.63. The zero-order valence-electron chi connectivity index (χ0n) is 29.2. The zero-order chi connectivity index (χ0) is 31.7. The van der Waals surface area contributed by atoms with Crippen molar-refractivity contribution in [3.63, 3.8) is 0 Å². The van der Waals surface area contributed by atoms with E-state index in [2.05, 4.69) is 13.8 Å². The SMILES string of the molecule is CCCCCCCCCCCCCCCC(=O)OCC(CC)(CO)COC(=O)CCCCCCCCCCCCCCC. The first kappa shape index (κ1) is 41.9. The van der Waals surface area contributed by atoms with Crippen LogP contribution in [0.3, 0.4) is 0 Å². The van der Waals surface area contributed by atoms with Crippen LogP contribution in [0.15, 0.2) is 0 Å². The van der Waals surface area contributed by atoms with Crippen LogP contribution in [0.4, 0.5) is 0 Å². The van der Waals surface area contributed by atoms with Gasteiger partial charge in [-0.25, -0.2) is 0 Å². The summed E-state index contributed by atoms with van der Waals surface area (Å²) < 4.78 is 11.0. The molecule has 0 bridgehead atoms. The van der Waals surface area contributed by atoms with Gasteiger partial charge < -0.3 is 14.6 Å². The molecule has 0 aliphatic heterocycles. The van der Waals surface area contributed by atoms with E-state index in [9.17, 15) is 14.7 Å². The minimum absolute atomic E-state index is 0.100. The monoisotopic (exact) mass is 611 g/mol. The molecule has 0 atom stereocenters. The molecule has 0 rings (SSSR count). The number of carbonyl (C=O) groups is 2. The molecule has 0 saturated heterocycles. The summed E-state index contributed by atoms with van der Waals surface area (Å²) in [4.78, 5) is 24.6. The minimum atomic E-state index is -0.711. The first-order valence-electron chi connectivity index (χ1n) is 19.0. The van der Waals surface area contributed by atoms with E-state index in [0.717, 1.165) is 25.7 Å². The molecule has 0 spiro atoms. The molecule has 0 saturated carbocycles. The van der Waals surface area contributed by atoms with Crippen molar-refractivity contribution < 1.29 is 24.2 Å². The van der Waals surface area contributed by atoms with Gasteiger partial charge in [0, 0.05) is 12.8 Å². The molecule has 0 aromatic rings. The number of rotatable bonds is 34. The van der Waals surface area contributed by atoms with Crippen LogP contribution in [0.5, 0.6) is 0 Å². The van der Waals surface area contributed by atoms with Crippen LogP contribution in [-0.2, 0) is 19.1 Å². The van der Waals surface area contributed by atoms with Crippen LogP contribution in [0, 0.1) is 5.41 Å². The van der Waals surface area contributed by atoms with Crippen molar-refractivity contribution in [3.8, 4) is 0 Å². The standard InChI is InChI=1S/C38H74O5/c1-4-7-9-11-13-15-17-19-21-23-25-27-29-31-36(40)42-34-38(6-3,33-39)35-43-37(41)32-30-28-26-24-22-20-18-16-14-12-10-8-5-2/h39H,4-35H2,1-3H3. The Bertz CT molecular complexity index is 553. The van der Waals surface area contributed by atoms with E-state index in [4.69, 9.17) is 9.47 Å². The summed E-state index contributed by atoms with van der Waals surface area (Å²) in [6.45, 7) is 6.50. The molecule has 0 radical (unpaired) electrons. The van der Waals surface area contributed by atoms with Crippen LogP contribution < -0.4 is 0 Å². The number of hydrogen-bond donors (Lipinski definition) is 1. The van der Waals surface area contributed by atoms with Gasteiger partial charge in [0.15, 0.2) is 0 Å². The molecule has 0 unspecified atom stereocenters. The second-order valence-electron chi connectivity index (χ2n) is 13.3. The lowest BCUT2D eigenvalue weighted by molar-refractivity contribution is -0.156. The lowest BCUT2D eigenvalue weighted by Gasteiger charge is -2.29. The summed E-state index contributed by atoms with van der Waals surface area (Å²) in [5.41, 5.74) is -0.711. The van der Waals surface area contributed by atoms with Gasteiger partial charge in [-0.05, 0) is 19.3 Å². The average molecular weight is 611 g/mol. The maximum atomic E-state index is 12.3. The highest BCUT2D eigenvalue weighted by molar-refractivity contribution is 5.69. The quantitative estimate of drug-likeness (QED) is 0.0579. The molecule has 0 aliphatic rings. The van der Waals surface area contributed by atoms with Crippen molar-refractivity contribution in [2.45, 2.75) is 207 Å². The first-order valence-corrected chi connectivity index (χ1v) is 19.0. The Hall–Kier alpha value is -1.10. The van der Waals surface area contributed by atoms with Gasteiger partial charge in [0.1, 0.15) is 13.2 Å². The van der Waals surface area contributed by atoms with Crippen LogP contribution in [-0.4, -0.2) is 36.9 Å². The normalized spacial score (nSPS) is 11.6. The Morgan fingerprint density at radius 1 is 0.442 bits per heavy atom. The maximum Gasteiger partial charge on any atom is 0.305 e. The molecule has 5 nitrogen and oxygen atoms in total. The van der Waals surface area contributed by atoms with Crippen LogP contribution >= 0.6 is 0 Å². The molecule has 0 heterocycles. The van der Waals surface area contributed by atoms with Gasteiger partial charge in [-0.3, -0.25) is 9.59 Å². The highest BCUT2D eigenvalue weighted by atomic mass is 16.5. The van der Waals surface area contributed by atoms with E-state index >= 15 is 0 Å². The second kappa shape index (κ2) is 32.3. The largest absolute Gasteiger partial charge is 0.465 e. The third-order valence-electron chi connectivity index (χ3n) is 9.13. The first-order chi connectivity index (χ1) is 21.0. The van der Waals surface area contributed by atoms with Gasteiger partial charge >= 0.3 is 11.9 Å². The van der Waals surface area contributed by atoms with Crippen LogP contribution in [0.25, 0.3) is 0 Å². The highest BCUT2D eigenvalue weighted by Gasteiger charge is 2.31. The molecular weight excluding hydrogens is 536 g/mol. The molecule has 43 heavy (non-hydrogen) atoms. The topological polar surface area (TPSA) is 72.8 Å².